The molecule has 0 radical (unpaired) electrons. The van der Waals surface area contributed by atoms with Crippen molar-refractivity contribution in [1.29, 1.82) is 0 Å². The molecule has 1 amide bonds. The van der Waals surface area contributed by atoms with Crippen molar-refractivity contribution in [3.8, 4) is 0 Å². The fourth-order valence-corrected chi connectivity index (χ4v) is 4.55. The largest absolute Gasteiger partial charge is 0.465 e. The number of ether oxygens (including phenoxy) is 1. The molecule has 0 saturated carbocycles. The topological polar surface area (TPSA) is 93.5 Å². The van der Waals surface area contributed by atoms with Gasteiger partial charge in [-0.05, 0) is 44.6 Å². The van der Waals surface area contributed by atoms with E-state index in [0.717, 1.165) is 23.5 Å². The molecule has 0 unspecified atom stereocenters. The van der Waals surface area contributed by atoms with Crippen molar-refractivity contribution >= 4 is 39.1 Å². The number of rotatable bonds is 8. The Morgan fingerprint density at radius 2 is 1.88 bits per heavy atom. The predicted molar refractivity (Wildman–Crippen MR) is 126 cm³/mol. The first kappa shape index (κ1) is 23.6. The molecule has 8 nitrogen and oxygen atoms in total. The van der Waals surface area contributed by atoms with Crippen molar-refractivity contribution in [3.63, 3.8) is 0 Å². The van der Waals surface area contributed by atoms with E-state index in [1.165, 1.54) is 23.0 Å². The molecule has 3 rings (SSSR count). The first-order valence-corrected chi connectivity index (χ1v) is 11.3. The van der Waals surface area contributed by atoms with Crippen LogP contribution in [0.1, 0.15) is 40.5 Å². The van der Waals surface area contributed by atoms with Crippen molar-refractivity contribution < 1.29 is 14.3 Å². The first-order chi connectivity index (χ1) is 15.3. The summed E-state index contributed by atoms with van der Waals surface area (Å²) in [6.07, 6.45) is 0. The van der Waals surface area contributed by atoms with Crippen LogP contribution in [0.25, 0.3) is 10.2 Å². The van der Waals surface area contributed by atoms with Crippen molar-refractivity contribution in [2.24, 2.45) is 0 Å². The third-order valence-corrected chi connectivity index (χ3v) is 6.64. The molecule has 0 atom stereocenters. The summed E-state index contributed by atoms with van der Waals surface area (Å²) in [5, 5.41) is 3.29. The van der Waals surface area contributed by atoms with Gasteiger partial charge in [0.25, 0.3) is 5.56 Å². The number of aryl methyl sites for hydroxylation is 2. The van der Waals surface area contributed by atoms with Gasteiger partial charge in [-0.2, -0.15) is 0 Å². The monoisotopic (exact) mass is 456 g/mol. The summed E-state index contributed by atoms with van der Waals surface area (Å²) >= 11 is 1.49. The number of thiophene rings is 1. The molecule has 0 fully saturated rings. The Labute approximate surface area is 190 Å². The lowest BCUT2D eigenvalue weighted by Crippen LogP contribution is -2.34. The number of nitrogens with zero attached hydrogens (tertiary/aromatic N) is 3. The number of carbonyl (C=O) groups excluding carboxylic acids is 2. The minimum Gasteiger partial charge on any atom is -0.465 e. The quantitative estimate of drug-likeness (QED) is 0.523. The Morgan fingerprint density at radius 3 is 2.53 bits per heavy atom. The maximum atomic E-state index is 13.4. The second-order valence-electron chi connectivity index (χ2n) is 7.43. The van der Waals surface area contributed by atoms with E-state index in [2.05, 4.69) is 10.2 Å². The van der Waals surface area contributed by atoms with E-state index in [0.29, 0.717) is 28.3 Å². The van der Waals surface area contributed by atoms with E-state index >= 15 is 0 Å². The molecule has 0 aliphatic heterocycles. The number of hydrogen-bond acceptors (Lipinski definition) is 7. The predicted octanol–water partition coefficient (Wildman–Crippen LogP) is 3.34. The Balaban J connectivity index is 2.01. The maximum Gasteiger partial charge on any atom is 0.339 e. The lowest BCUT2D eigenvalue weighted by atomic mass is 10.2. The van der Waals surface area contributed by atoms with Crippen LogP contribution < -0.4 is 10.9 Å². The van der Waals surface area contributed by atoms with Gasteiger partial charge < -0.3 is 10.1 Å². The summed E-state index contributed by atoms with van der Waals surface area (Å²) in [6, 6.07) is 6.60. The molecule has 0 aliphatic rings. The molecule has 3 aromatic rings. The molecule has 9 heteroatoms. The zero-order chi connectivity index (χ0) is 23.4. The highest BCUT2D eigenvalue weighted by molar-refractivity contribution is 7.18. The third-order valence-electron chi connectivity index (χ3n) is 5.54. The van der Waals surface area contributed by atoms with E-state index < -0.39 is 11.9 Å². The second kappa shape index (κ2) is 10.1. The van der Waals surface area contributed by atoms with E-state index in [1.807, 2.05) is 27.7 Å². The summed E-state index contributed by atoms with van der Waals surface area (Å²) in [7, 11) is 1.28. The smallest absolute Gasteiger partial charge is 0.339 e. The number of aromatic nitrogens is 2. The number of esters is 1. The number of hydrogen-bond donors (Lipinski definition) is 1. The maximum absolute atomic E-state index is 13.4. The van der Waals surface area contributed by atoms with Crippen molar-refractivity contribution in [3.05, 3.63) is 56.4 Å². The van der Waals surface area contributed by atoms with Gasteiger partial charge in [0.2, 0.25) is 5.91 Å². The third kappa shape index (κ3) is 4.73. The fourth-order valence-electron chi connectivity index (χ4n) is 3.51. The second-order valence-corrected chi connectivity index (χ2v) is 8.63. The number of fused-ring (bicyclic) bond motifs is 1. The van der Waals surface area contributed by atoms with Gasteiger partial charge in [0.05, 0.1) is 30.3 Å². The van der Waals surface area contributed by atoms with Crippen LogP contribution >= 0.6 is 11.3 Å². The molecular formula is C23H28N4O4S. The highest BCUT2D eigenvalue weighted by Gasteiger charge is 2.20. The van der Waals surface area contributed by atoms with Gasteiger partial charge in [-0.3, -0.25) is 19.1 Å². The molecule has 2 heterocycles. The van der Waals surface area contributed by atoms with Crippen molar-refractivity contribution in [1.82, 2.24) is 14.5 Å². The molecule has 32 heavy (non-hydrogen) atoms. The van der Waals surface area contributed by atoms with Gasteiger partial charge in [-0.1, -0.05) is 26.0 Å². The number of methoxy groups -OCH3 is 1. The average Bonchev–Trinajstić information content (AvgIpc) is 3.07. The first-order valence-electron chi connectivity index (χ1n) is 10.5. The van der Waals surface area contributed by atoms with Crippen LogP contribution in [0.15, 0.2) is 29.1 Å². The summed E-state index contributed by atoms with van der Waals surface area (Å²) < 4.78 is 6.23. The minimum atomic E-state index is -0.548. The van der Waals surface area contributed by atoms with Crippen LogP contribution in [0.4, 0.5) is 5.69 Å². The highest BCUT2D eigenvalue weighted by atomic mass is 32.1. The summed E-state index contributed by atoms with van der Waals surface area (Å²) in [5.74, 6) is -0.424. The van der Waals surface area contributed by atoms with Gasteiger partial charge in [0, 0.05) is 4.88 Å². The van der Waals surface area contributed by atoms with Crippen LogP contribution in [-0.4, -0.2) is 46.5 Å². The molecule has 1 aromatic carbocycles. The Morgan fingerprint density at radius 1 is 1.19 bits per heavy atom. The van der Waals surface area contributed by atoms with Gasteiger partial charge >= 0.3 is 5.97 Å². The van der Waals surface area contributed by atoms with E-state index in [-0.39, 0.29) is 17.7 Å². The van der Waals surface area contributed by atoms with Crippen LogP contribution in [0.2, 0.25) is 0 Å². The van der Waals surface area contributed by atoms with Gasteiger partial charge in [-0.15, -0.1) is 11.3 Å². The Kier molecular flexibility index (Phi) is 7.42. The Hall–Kier alpha value is -3.04. The van der Waals surface area contributed by atoms with E-state index in [9.17, 15) is 14.4 Å². The van der Waals surface area contributed by atoms with E-state index in [1.54, 1.807) is 24.3 Å². The molecule has 2 aromatic heterocycles. The standard InChI is InChI=1S/C23H28N4O4S/c1-6-26(7-2)12-18-25-21-20(14(3)15(4)32-21)22(29)27(18)13-19(28)24-17-11-9-8-10-16(17)23(30)31-5/h8-11H,6-7,12-13H2,1-5H3,(H,24,28). The summed E-state index contributed by atoms with van der Waals surface area (Å²) in [4.78, 5) is 47.0. The average molecular weight is 457 g/mol. The SMILES string of the molecule is CCN(CC)Cc1nc2sc(C)c(C)c2c(=O)n1CC(=O)Nc1ccccc1C(=O)OC. The zero-order valence-electron chi connectivity index (χ0n) is 19.0. The number of benzene rings is 1. The number of amides is 1. The highest BCUT2D eigenvalue weighted by Crippen LogP contribution is 2.26. The van der Waals surface area contributed by atoms with Gasteiger partial charge in [-0.25, -0.2) is 9.78 Å². The number of para-hydroxylation sites is 1. The van der Waals surface area contributed by atoms with Crippen LogP contribution in [0, 0.1) is 13.8 Å². The Bertz CT molecular complexity index is 1210. The lowest BCUT2D eigenvalue weighted by molar-refractivity contribution is -0.116. The molecule has 0 aliphatic carbocycles. The molecule has 1 N–H and O–H groups in total. The summed E-state index contributed by atoms with van der Waals surface area (Å²) in [5.41, 5.74) is 1.24. The van der Waals surface area contributed by atoms with E-state index in [4.69, 9.17) is 9.72 Å². The molecule has 0 bridgehead atoms. The molecular weight excluding hydrogens is 428 g/mol. The fraction of sp³-hybridized carbons (Fsp3) is 0.391. The van der Waals surface area contributed by atoms with Crippen molar-refractivity contribution in [2.75, 3.05) is 25.5 Å². The zero-order valence-corrected chi connectivity index (χ0v) is 19.8. The normalized spacial score (nSPS) is 11.2. The van der Waals surface area contributed by atoms with Gasteiger partial charge in [0.1, 0.15) is 17.2 Å². The van der Waals surface area contributed by atoms with Crippen LogP contribution in [-0.2, 0) is 22.6 Å². The summed E-state index contributed by atoms with van der Waals surface area (Å²) in [6.45, 7) is 9.80. The number of nitrogens with one attached hydrogen (secondary N) is 1. The van der Waals surface area contributed by atoms with Gasteiger partial charge in [0.15, 0.2) is 0 Å². The molecule has 0 saturated heterocycles. The van der Waals surface area contributed by atoms with Crippen molar-refractivity contribution in [2.45, 2.75) is 40.8 Å². The lowest BCUT2D eigenvalue weighted by Gasteiger charge is -2.20. The van der Waals surface area contributed by atoms with Crippen LogP contribution in [0.5, 0.6) is 0 Å². The van der Waals surface area contributed by atoms with Crippen LogP contribution in [0.3, 0.4) is 0 Å². The minimum absolute atomic E-state index is 0.206. The molecule has 170 valence electrons. The number of anilines is 1. The number of carbonyl (C=O) groups is 2. The molecule has 0 spiro atoms.